The van der Waals surface area contributed by atoms with Crippen molar-refractivity contribution in [3.8, 4) is 6.07 Å². The Morgan fingerprint density at radius 2 is 1.85 bits per heavy atom. The predicted octanol–water partition coefficient (Wildman–Crippen LogP) is 2.61. The Morgan fingerprint density at radius 3 is 2.62 bits per heavy atom. The molecule has 34 heavy (non-hydrogen) atoms. The molecule has 2 unspecified atom stereocenters. The molecule has 0 radical (unpaired) electrons. The van der Waals surface area contributed by atoms with Gasteiger partial charge in [0.15, 0.2) is 0 Å². The van der Waals surface area contributed by atoms with Crippen LogP contribution >= 0.6 is 0 Å². The molecular formula is C24H23N7O3. The van der Waals surface area contributed by atoms with Crippen LogP contribution in [0.5, 0.6) is 0 Å². The van der Waals surface area contributed by atoms with Crippen molar-refractivity contribution in [3.63, 3.8) is 0 Å². The van der Waals surface area contributed by atoms with E-state index in [2.05, 4.69) is 21.3 Å². The van der Waals surface area contributed by atoms with Crippen LogP contribution in [-0.4, -0.2) is 58.2 Å². The van der Waals surface area contributed by atoms with Crippen LogP contribution in [0.25, 0.3) is 11.0 Å². The van der Waals surface area contributed by atoms with Crippen molar-refractivity contribution in [1.82, 2.24) is 20.3 Å². The quantitative estimate of drug-likeness (QED) is 0.406. The second-order valence-electron chi connectivity index (χ2n) is 8.65. The molecule has 2 aliphatic rings. The van der Waals surface area contributed by atoms with Gasteiger partial charge in [-0.25, -0.2) is 15.3 Å². The van der Waals surface area contributed by atoms with E-state index in [0.717, 1.165) is 30.8 Å². The molecule has 2 atom stereocenters. The number of carbonyl (C=O) groups excluding carboxylic acids is 2. The largest absolute Gasteiger partial charge is 0.355 e. The fourth-order valence-corrected chi connectivity index (χ4v) is 4.74. The van der Waals surface area contributed by atoms with Gasteiger partial charge in [0.05, 0.1) is 28.9 Å². The monoisotopic (exact) mass is 457 g/mol. The first kappa shape index (κ1) is 21.6. The average Bonchev–Trinajstić information content (AvgIpc) is 3.32. The Hall–Kier alpha value is -4.23. The lowest BCUT2D eigenvalue weighted by atomic mass is 9.89. The molecule has 10 nitrogen and oxygen atoms in total. The molecule has 3 amide bonds. The second-order valence-corrected chi connectivity index (χ2v) is 8.65. The van der Waals surface area contributed by atoms with E-state index in [1.807, 2.05) is 11.0 Å². The topological polar surface area (TPSA) is 134 Å². The van der Waals surface area contributed by atoms with Crippen molar-refractivity contribution >= 4 is 34.5 Å². The zero-order chi connectivity index (χ0) is 23.7. The van der Waals surface area contributed by atoms with E-state index in [1.54, 1.807) is 35.9 Å². The van der Waals surface area contributed by atoms with Crippen molar-refractivity contribution in [2.24, 2.45) is 11.8 Å². The number of fused-ring (bicyclic) bond motifs is 2. The molecule has 3 aromatic rings. The fourth-order valence-electron chi connectivity index (χ4n) is 4.74. The predicted molar refractivity (Wildman–Crippen MR) is 124 cm³/mol. The first-order chi connectivity index (χ1) is 16.5. The van der Waals surface area contributed by atoms with Crippen LogP contribution in [-0.2, 0) is 0 Å². The highest BCUT2D eigenvalue weighted by Crippen LogP contribution is 2.33. The normalized spacial score (nSPS) is 19.4. The smallest absolute Gasteiger partial charge is 0.321 e. The first-order valence-corrected chi connectivity index (χ1v) is 11.1. The summed E-state index contributed by atoms with van der Waals surface area (Å²) in [6.07, 6.45) is 2.72. The van der Waals surface area contributed by atoms with Crippen LogP contribution < -0.4 is 15.7 Å². The lowest BCUT2D eigenvalue weighted by molar-refractivity contribution is 0.0706. The van der Waals surface area contributed by atoms with Crippen LogP contribution in [0.3, 0.4) is 0 Å². The zero-order valence-electron chi connectivity index (χ0n) is 18.3. The van der Waals surface area contributed by atoms with Crippen molar-refractivity contribution in [2.45, 2.75) is 6.42 Å². The van der Waals surface area contributed by atoms with Gasteiger partial charge in [0.1, 0.15) is 5.82 Å². The SMILES string of the molecule is N#Cc1ccc2nc(N3CCC4CN(C(=O)Nc5ccc(C(=O)NO)cc5)CC4C3)cnc2c1. The maximum Gasteiger partial charge on any atom is 0.321 e. The van der Waals surface area contributed by atoms with Gasteiger partial charge in [-0.2, -0.15) is 5.26 Å². The summed E-state index contributed by atoms with van der Waals surface area (Å²) < 4.78 is 0. The molecule has 3 heterocycles. The van der Waals surface area contributed by atoms with Gasteiger partial charge >= 0.3 is 6.03 Å². The zero-order valence-corrected chi connectivity index (χ0v) is 18.3. The molecule has 172 valence electrons. The van der Waals surface area contributed by atoms with Crippen LogP contribution in [0, 0.1) is 23.2 Å². The maximum atomic E-state index is 12.8. The fraction of sp³-hybridized carbons (Fsp3) is 0.292. The molecule has 3 N–H and O–H groups in total. The molecule has 0 aliphatic carbocycles. The summed E-state index contributed by atoms with van der Waals surface area (Å²) in [5, 5.41) is 20.7. The number of hydrogen-bond acceptors (Lipinski definition) is 7. The Kier molecular flexibility index (Phi) is 5.69. The third kappa shape index (κ3) is 4.21. The molecule has 2 aliphatic heterocycles. The highest BCUT2D eigenvalue weighted by atomic mass is 16.5. The molecule has 0 spiro atoms. The number of rotatable bonds is 3. The van der Waals surface area contributed by atoms with Crippen LogP contribution in [0.2, 0.25) is 0 Å². The summed E-state index contributed by atoms with van der Waals surface area (Å²) in [6.45, 7) is 3.01. The number of carbonyl (C=O) groups is 2. The lowest BCUT2D eigenvalue weighted by Gasteiger charge is -2.34. The minimum atomic E-state index is -0.603. The Labute approximate surface area is 195 Å². The number of hydrogen-bond donors (Lipinski definition) is 3. The molecule has 10 heteroatoms. The highest BCUT2D eigenvalue weighted by molar-refractivity contribution is 5.95. The third-order valence-electron chi connectivity index (χ3n) is 6.57. The highest BCUT2D eigenvalue weighted by Gasteiger charge is 2.39. The number of likely N-dealkylation sites (tertiary alicyclic amines) is 1. The summed E-state index contributed by atoms with van der Waals surface area (Å²) in [7, 11) is 0. The van der Waals surface area contributed by atoms with E-state index in [4.69, 9.17) is 15.5 Å². The van der Waals surface area contributed by atoms with E-state index in [0.29, 0.717) is 47.3 Å². The summed E-state index contributed by atoms with van der Waals surface area (Å²) in [5.41, 5.74) is 4.49. The minimum Gasteiger partial charge on any atom is -0.355 e. The van der Waals surface area contributed by atoms with E-state index < -0.39 is 5.91 Å². The molecular weight excluding hydrogens is 434 g/mol. The van der Waals surface area contributed by atoms with Gasteiger partial charge < -0.3 is 15.1 Å². The molecule has 5 rings (SSSR count). The molecule has 0 bridgehead atoms. The van der Waals surface area contributed by atoms with Crippen LogP contribution in [0.1, 0.15) is 22.3 Å². The third-order valence-corrected chi connectivity index (χ3v) is 6.57. The van der Waals surface area contributed by atoms with Crippen molar-refractivity contribution in [3.05, 3.63) is 59.8 Å². The summed E-state index contributed by atoms with van der Waals surface area (Å²) in [6, 6.07) is 13.6. The van der Waals surface area contributed by atoms with Gasteiger partial charge in [0, 0.05) is 37.4 Å². The number of nitriles is 1. The number of amides is 3. The van der Waals surface area contributed by atoms with Crippen molar-refractivity contribution < 1.29 is 14.8 Å². The van der Waals surface area contributed by atoms with Gasteiger partial charge in [-0.05, 0) is 60.7 Å². The number of piperidine rings is 1. The van der Waals surface area contributed by atoms with Gasteiger partial charge in [0.25, 0.3) is 5.91 Å². The number of anilines is 2. The first-order valence-electron chi connectivity index (χ1n) is 11.1. The summed E-state index contributed by atoms with van der Waals surface area (Å²) in [5.74, 6) is 0.984. The number of nitrogens with zero attached hydrogens (tertiary/aromatic N) is 5. The van der Waals surface area contributed by atoms with Crippen LogP contribution in [0.15, 0.2) is 48.7 Å². The molecule has 0 saturated carbocycles. The van der Waals surface area contributed by atoms with Gasteiger partial charge in [-0.3, -0.25) is 15.0 Å². The lowest BCUT2D eigenvalue weighted by Crippen LogP contribution is -2.40. The van der Waals surface area contributed by atoms with E-state index in [1.165, 1.54) is 12.1 Å². The number of urea groups is 1. The molecule has 2 fully saturated rings. The standard InChI is InChI=1S/C24H23N7O3/c25-10-15-1-6-20-21(9-15)26-11-22(28-20)30-8-7-17-12-31(14-18(17)13-30)24(33)27-19-4-2-16(3-5-19)23(32)29-34/h1-6,9,11,17-18,34H,7-8,12-14H2,(H,27,33)(H,29,32). The minimum absolute atomic E-state index is 0.167. The van der Waals surface area contributed by atoms with Gasteiger partial charge in [-0.1, -0.05) is 0 Å². The number of hydroxylamine groups is 1. The Bertz CT molecular complexity index is 1290. The number of benzene rings is 2. The Balaban J connectivity index is 1.22. The van der Waals surface area contributed by atoms with E-state index in [9.17, 15) is 9.59 Å². The Morgan fingerprint density at radius 1 is 1.06 bits per heavy atom. The number of aromatic nitrogens is 2. The van der Waals surface area contributed by atoms with E-state index in [-0.39, 0.29) is 6.03 Å². The van der Waals surface area contributed by atoms with Gasteiger partial charge in [0.2, 0.25) is 0 Å². The molecule has 2 saturated heterocycles. The molecule has 2 aromatic carbocycles. The summed E-state index contributed by atoms with van der Waals surface area (Å²) >= 11 is 0. The second kappa shape index (κ2) is 8.96. The van der Waals surface area contributed by atoms with Crippen molar-refractivity contribution in [2.75, 3.05) is 36.4 Å². The summed E-state index contributed by atoms with van der Waals surface area (Å²) in [4.78, 5) is 37.6. The van der Waals surface area contributed by atoms with Gasteiger partial charge in [-0.15, -0.1) is 0 Å². The maximum absolute atomic E-state index is 12.8. The van der Waals surface area contributed by atoms with Crippen LogP contribution in [0.4, 0.5) is 16.3 Å². The number of nitrogens with one attached hydrogen (secondary N) is 2. The van der Waals surface area contributed by atoms with Crippen molar-refractivity contribution in [1.29, 1.82) is 5.26 Å². The molecule has 1 aromatic heterocycles. The average molecular weight is 457 g/mol. The van der Waals surface area contributed by atoms with E-state index >= 15 is 0 Å².